The number of ether oxygens (including phenoxy) is 1. The number of hydrogen-bond acceptors (Lipinski definition) is 6. The van der Waals surface area contributed by atoms with Crippen LogP contribution in [0.2, 0.25) is 0 Å². The fourth-order valence-electron chi connectivity index (χ4n) is 2.97. The quantitative estimate of drug-likeness (QED) is 0.658. The van der Waals surface area contributed by atoms with E-state index in [4.69, 9.17) is 10.00 Å². The van der Waals surface area contributed by atoms with Crippen molar-refractivity contribution < 1.29 is 14.3 Å². The van der Waals surface area contributed by atoms with Gasteiger partial charge < -0.3 is 20.7 Å². The third-order valence-electron chi connectivity index (χ3n) is 4.17. The molecule has 146 valence electrons. The van der Waals surface area contributed by atoms with Crippen molar-refractivity contribution in [3.63, 3.8) is 0 Å². The number of carbonyl (C=O) groups is 2. The number of nitrogens with zero attached hydrogens (tertiary/aromatic N) is 2. The van der Waals surface area contributed by atoms with Gasteiger partial charge in [0.05, 0.1) is 5.56 Å². The highest BCUT2D eigenvalue weighted by Crippen LogP contribution is 2.26. The molecule has 2 amide bonds. The SMILES string of the molecule is CC(C)(C)OC(=O)N[C@@H]1CC[C@@H](C(=O)NCCNc2ncccc2C#N)C1. The fraction of sp³-hybridized carbons (Fsp3) is 0.579. The van der Waals surface area contributed by atoms with Gasteiger partial charge in [0, 0.05) is 31.2 Å². The Bertz CT molecular complexity index is 708. The van der Waals surface area contributed by atoms with Crippen LogP contribution < -0.4 is 16.0 Å². The van der Waals surface area contributed by atoms with E-state index in [1.807, 2.05) is 20.8 Å². The molecule has 1 aliphatic carbocycles. The number of nitrogens with one attached hydrogen (secondary N) is 3. The molecule has 1 fully saturated rings. The molecule has 1 aromatic heterocycles. The van der Waals surface area contributed by atoms with E-state index in [0.717, 1.165) is 12.8 Å². The van der Waals surface area contributed by atoms with E-state index < -0.39 is 11.7 Å². The van der Waals surface area contributed by atoms with Crippen molar-refractivity contribution in [3.8, 4) is 6.07 Å². The Labute approximate surface area is 159 Å². The van der Waals surface area contributed by atoms with Crippen LogP contribution in [0.15, 0.2) is 18.3 Å². The summed E-state index contributed by atoms with van der Waals surface area (Å²) >= 11 is 0. The summed E-state index contributed by atoms with van der Waals surface area (Å²) in [5, 5.41) is 17.8. The van der Waals surface area contributed by atoms with Crippen molar-refractivity contribution >= 4 is 17.8 Å². The number of anilines is 1. The van der Waals surface area contributed by atoms with Crippen molar-refractivity contribution in [1.82, 2.24) is 15.6 Å². The van der Waals surface area contributed by atoms with Crippen molar-refractivity contribution in [2.24, 2.45) is 5.92 Å². The first-order valence-electron chi connectivity index (χ1n) is 9.14. The van der Waals surface area contributed by atoms with Crippen LogP contribution in [0.25, 0.3) is 0 Å². The van der Waals surface area contributed by atoms with Crippen LogP contribution >= 0.6 is 0 Å². The number of rotatable bonds is 6. The van der Waals surface area contributed by atoms with Gasteiger partial charge in [-0.15, -0.1) is 0 Å². The fourth-order valence-corrected chi connectivity index (χ4v) is 2.97. The van der Waals surface area contributed by atoms with E-state index in [1.54, 1.807) is 18.3 Å². The van der Waals surface area contributed by atoms with Gasteiger partial charge in [-0.3, -0.25) is 4.79 Å². The molecule has 0 saturated heterocycles. The third kappa shape index (κ3) is 6.77. The molecular formula is C19H27N5O3. The average Bonchev–Trinajstić information content (AvgIpc) is 3.05. The van der Waals surface area contributed by atoms with E-state index in [2.05, 4.69) is 27.0 Å². The molecule has 3 N–H and O–H groups in total. The molecule has 1 aromatic rings. The van der Waals surface area contributed by atoms with Crippen LogP contribution in [0.1, 0.15) is 45.6 Å². The van der Waals surface area contributed by atoms with Gasteiger partial charge >= 0.3 is 6.09 Å². The summed E-state index contributed by atoms with van der Waals surface area (Å²) in [4.78, 5) is 28.2. The normalized spacial score (nSPS) is 19.0. The Kier molecular flexibility index (Phi) is 6.99. The molecular weight excluding hydrogens is 346 g/mol. The molecule has 8 nitrogen and oxygen atoms in total. The molecule has 1 heterocycles. The zero-order valence-corrected chi connectivity index (χ0v) is 16.0. The summed E-state index contributed by atoms with van der Waals surface area (Å²) in [6, 6.07) is 5.41. The Morgan fingerprint density at radius 1 is 1.33 bits per heavy atom. The minimum Gasteiger partial charge on any atom is -0.444 e. The second-order valence-corrected chi connectivity index (χ2v) is 7.58. The lowest BCUT2D eigenvalue weighted by atomic mass is 10.1. The number of carbonyl (C=O) groups excluding carboxylic acids is 2. The molecule has 0 bridgehead atoms. The average molecular weight is 373 g/mol. The van der Waals surface area contributed by atoms with Crippen LogP contribution in [0.3, 0.4) is 0 Å². The maximum Gasteiger partial charge on any atom is 0.407 e. The Hall–Kier alpha value is -2.82. The van der Waals surface area contributed by atoms with Crippen molar-refractivity contribution in [2.75, 3.05) is 18.4 Å². The molecule has 8 heteroatoms. The highest BCUT2D eigenvalue weighted by molar-refractivity contribution is 5.79. The first-order chi connectivity index (χ1) is 12.8. The highest BCUT2D eigenvalue weighted by Gasteiger charge is 2.31. The number of amides is 2. The summed E-state index contributed by atoms with van der Waals surface area (Å²) in [5.41, 5.74) is -0.0680. The zero-order valence-electron chi connectivity index (χ0n) is 16.0. The van der Waals surface area contributed by atoms with Gasteiger partial charge in [-0.2, -0.15) is 5.26 Å². The highest BCUT2D eigenvalue weighted by atomic mass is 16.6. The Morgan fingerprint density at radius 2 is 2.11 bits per heavy atom. The van der Waals surface area contributed by atoms with Gasteiger partial charge in [-0.25, -0.2) is 9.78 Å². The second kappa shape index (κ2) is 9.21. The maximum atomic E-state index is 12.3. The molecule has 2 atom stereocenters. The maximum absolute atomic E-state index is 12.3. The van der Waals surface area contributed by atoms with Crippen LogP contribution in [0.5, 0.6) is 0 Å². The summed E-state index contributed by atoms with van der Waals surface area (Å²) in [6.07, 6.45) is 3.27. The van der Waals surface area contributed by atoms with Gasteiger partial charge in [0.25, 0.3) is 0 Å². The number of hydrogen-bond donors (Lipinski definition) is 3. The summed E-state index contributed by atoms with van der Waals surface area (Å²) in [5.74, 6) is 0.373. The molecule has 0 aliphatic heterocycles. The van der Waals surface area contributed by atoms with Crippen molar-refractivity contribution in [2.45, 2.75) is 51.7 Å². The van der Waals surface area contributed by atoms with Crippen molar-refractivity contribution in [3.05, 3.63) is 23.9 Å². The number of pyridine rings is 1. The van der Waals surface area contributed by atoms with Gasteiger partial charge in [-0.05, 0) is 52.2 Å². The van der Waals surface area contributed by atoms with E-state index in [0.29, 0.717) is 30.9 Å². The monoisotopic (exact) mass is 373 g/mol. The lowest BCUT2D eigenvalue weighted by Crippen LogP contribution is -2.39. The first kappa shape index (κ1) is 20.5. The van der Waals surface area contributed by atoms with E-state index >= 15 is 0 Å². The topological polar surface area (TPSA) is 116 Å². The van der Waals surface area contributed by atoms with Crippen LogP contribution in [-0.4, -0.2) is 41.7 Å². The number of alkyl carbamates (subject to hydrolysis) is 1. The molecule has 0 aromatic carbocycles. The summed E-state index contributed by atoms with van der Waals surface area (Å²) in [7, 11) is 0. The first-order valence-corrected chi connectivity index (χ1v) is 9.14. The van der Waals surface area contributed by atoms with Crippen molar-refractivity contribution in [1.29, 1.82) is 5.26 Å². The van der Waals surface area contributed by atoms with E-state index in [-0.39, 0.29) is 17.9 Å². The summed E-state index contributed by atoms with van der Waals surface area (Å²) in [6.45, 7) is 6.35. The molecule has 0 spiro atoms. The second-order valence-electron chi connectivity index (χ2n) is 7.58. The Balaban J connectivity index is 1.68. The van der Waals surface area contributed by atoms with Crippen LogP contribution in [0, 0.1) is 17.2 Å². The zero-order chi connectivity index (χ0) is 19.9. The number of aromatic nitrogens is 1. The van der Waals surface area contributed by atoms with Gasteiger partial charge in [0.15, 0.2) is 0 Å². The lowest BCUT2D eigenvalue weighted by molar-refractivity contribution is -0.124. The van der Waals surface area contributed by atoms with E-state index in [9.17, 15) is 9.59 Å². The van der Waals surface area contributed by atoms with Gasteiger partial charge in [0.1, 0.15) is 17.5 Å². The van der Waals surface area contributed by atoms with E-state index in [1.165, 1.54) is 0 Å². The van der Waals surface area contributed by atoms with Crippen LogP contribution in [0.4, 0.5) is 10.6 Å². The molecule has 27 heavy (non-hydrogen) atoms. The van der Waals surface area contributed by atoms with Crippen LogP contribution in [-0.2, 0) is 9.53 Å². The molecule has 0 radical (unpaired) electrons. The Morgan fingerprint density at radius 3 is 2.81 bits per heavy atom. The lowest BCUT2D eigenvalue weighted by Gasteiger charge is -2.21. The molecule has 1 aliphatic rings. The number of nitriles is 1. The molecule has 1 saturated carbocycles. The molecule has 2 rings (SSSR count). The minimum atomic E-state index is -0.536. The predicted octanol–water partition coefficient (Wildman–Crippen LogP) is 2.17. The minimum absolute atomic E-state index is 0.0215. The van der Waals surface area contributed by atoms with Gasteiger partial charge in [-0.1, -0.05) is 0 Å². The summed E-state index contributed by atoms with van der Waals surface area (Å²) < 4.78 is 5.25. The molecule has 0 unspecified atom stereocenters. The van der Waals surface area contributed by atoms with Gasteiger partial charge in [0.2, 0.25) is 5.91 Å². The smallest absolute Gasteiger partial charge is 0.407 e. The largest absolute Gasteiger partial charge is 0.444 e. The third-order valence-corrected chi connectivity index (χ3v) is 4.17. The standard InChI is InChI=1S/C19H27N5O3/c1-19(2,3)27-18(26)24-15-7-6-13(11-15)17(25)23-10-9-22-16-14(12-20)5-4-8-21-16/h4-5,8,13,15H,6-7,9-11H2,1-3H3,(H,21,22)(H,23,25)(H,24,26)/t13-,15-/m1/s1. The predicted molar refractivity (Wildman–Crippen MR) is 101 cm³/mol.